The van der Waals surface area contributed by atoms with Crippen LogP contribution in [0.5, 0.6) is 0 Å². The largest absolute Gasteiger partial charge is 0.440 e. The van der Waals surface area contributed by atoms with E-state index in [4.69, 9.17) is 4.74 Å². The molecule has 11 atom stereocenters. The number of amides is 1. The molecule has 1 amide bonds. The summed E-state index contributed by atoms with van der Waals surface area (Å²) in [5.74, 6) is 2.89. The molecule has 1 aliphatic heterocycles. The summed E-state index contributed by atoms with van der Waals surface area (Å²) in [6.45, 7) is 13.4. The highest BCUT2D eigenvalue weighted by molar-refractivity contribution is 7.14. The molecule has 7 fully saturated rings. The van der Waals surface area contributed by atoms with Gasteiger partial charge in [0.1, 0.15) is 5.60 Å². The molecule has 0 unspecified atom stereocenters. The number of hydrogen-bond donors (Lipinski definition) is 1. The second-order valence-electron chi connectivity index (χ2n) is 18.0. The predicted molar refractivity (Wildman–Crippen MR) is 176 cm³/mol. The number of carbonyl (C=O) groups is 2. The Morgan fingerprint density at radius 2 is 1.76 bits per heavy atom. The lowest BCUT2D eigenvalue weighted by Gasteiger charge is -2.71. The molecule has 11 rings (SSSR count). The maximum absolute atomic E-state index is 14.7. The maximum Gasteiger partial charge on any atom is 0.410 e. The van der Waals surface area contributed by atoms with Crippen molar-refractivity contribution in [1.29, 1.82) is 0 Å². The maximum atomic E-state index is 14.7. The molecule has 0 aromatic carbocycles. The first-order valence-corrected chi connectivity index (χ1v) is 18.8. The number of aliphatic hydroxyl groups is 1. The molecule has 1 aromatic rings. The Labute approximate surface area is 272 Å². The van der Waals surface area contributed by atoms with Crippen LogP contribution in [0.15, 0.2) is 35.9 Å². The van der Waals surface area contributed by atoms with Crippen LogP contribution >= 0.6 is 11.3 Å². The quantitative estimate of drug-likeness (QED) is 0.269. The first-order chi connectivity index (χ1) is 21.3. The third-order valence-electron chi connectivity index (χ3n) is 16.3. The van der Waals surface area contributed by atoms with Gasteiger partial charge in [0.2, 0.25) is 0 Å². The molecule has 4 bridgehead atoms. The van der Waals surface area contributed by atoms with Crippen molar-refractivity contribution in [3.05, 3.63) is 45.7 Å². The standard InChI is InChI=1S/C39H51NO4S/c1-23-6-9-29(45-23)32(42)28-20-37-16-17-39(28)30(35(37,4)13-10-26(41)19-37)11-14-36(5)31(39)12-15-38(36)22-40(33(43)44-38)21-24-7-8-25-18-27(24)34(25,2)3/h6,9,16-17,20,24-27,30-31,41H,7-8,10-15,18-19,21-22H2,1-5H3/t24-,25-,26-,27-,30+,31+,35+,36-,37-,38+,39+/m0/s1. The van der Waals surface area contributed by atoms with E-state index in [2.05, 4.69) is 63.8 Å². The molecule has 5 nitrogen and oxygen atoms in total. The Hall–Kier alpha value is -1.92. The van der Waals surface area contributed by atoms with Gasteiger partial charge in [0.05, 0.1) is 17.5 Å². The van der Waals surface area contributed by atoms with Gasteiger partial charge >= 0.3 is 6.09 Å². The third kappa shape index (κ3) is 3.40. The van der Waals surface area contributed by atoms with E-state index in [1.165, 1.54) is 19.3 Å². The number of nitrogens with zero attached hydrogens (tertiary/aromatic N) is 1. The molecule has 1 N–H and O–H groups in total. The molecular weight excluding hydrogens is 578 g/mol. The average molecular weight is 630 g/mol. The number of rotatable bonds is 4. The number of Topliss-reactive ketones (excluding diaryl/α,β-unsaturated/α-hetero) is 1. The molecule has 10 aliphatic rings. The number of fused-ring (bicyclic) bond motifs is 4. The Morgan fingerprint density at radius 1 is 1.00 bits per heavy atom. The molecule has 3 spiro atoms. The lowest BCUT2D eigenvalue weighted by atomic mass is 9.32. The zero-order valence-electron chi connectivity index (χ0n) is 27.9. The average Bonchev–Trinajstić information content (AvgIpc) is 3.67. The van der Waals surface area contributed by atoms with Gasteiger partial charge in [-0.15, -0.1) is 11.3 Å². The van der Waals surface area contributed by atoms with Crippen LogP contribution in [0.1, 0.15) is 106 Å². The van der Waals surface area contributed by atoms with E-state index >= 15 is 0 Å². The molecule has 0 radical (unpaired) electrons. The van der Waals surface area contributed by atoms with E-state index in [1.54, 1.807) is 11.3 Å². The van der Waals surface area contributed by atoms with E-state index in [0.717, 1.165) is 66.3 Å². The molecule has 6 saturated carbocycles. The molecule has 242 valence electrons. The summed E-state index contributed by atoms with van der Waals surface area (Å²) < 4.78 is 6.67. The fraction of sp³-hybridized carbons (Fsp3) is 0.744. The SMILES string of the molecule is Cc1ccc(C(=O)C2=C[C@@]34C=C[C@@]25[C@@H]2CC[C@@]6(CN(C[C@@H]7CC[C@H]8C[C@@H]7C8(C)C)C(=O)O6)[C@@]2(C)CC[C@@H]5[C@@]3(C)CC[C@H](O)C4)s1. The number of ketones is 1. The number of ether oxygens (including phenoxy) is 1. The fourth-order valence-electron chi connectivity index (χ4n) is 13.7. The van der Waals surface area contributed by atoms with Gasteiger partial charge in [-0.2, -0.15) is 0 Å². The van der Waals surface area contributed by atoms with Gasteiger partial charge in [0, 0.05) is 33.2 Å². The summed E-state index contributed by atoms with van der Waals surface area (Å²) in [5.41, 5.74) is -0.00312. The van der Waals surface area contributed by atoms with Gasteiger partial charge in [-0.05, 0) is 124 Å². The summed E-state index contributed by atoms with van der Waals surface area (Å²) in [4.78, 5) is 32.5. The summed E-state index contributed by atoms with van der Waals surface area (Å²) >= 11 is 1.60. The molecule has 45 heavy (non-hydrogen) atoms. The van der Waals surface area contributed by atoms with Crippen molar-refractivity contribution >= 4 is 23.2 Å². The lowest BCUT2D eigenvalue weighted by Crippen LogP contribution is -2.67. The minimum atomic E-state index is -0.502. The molecule has 1 aromatic heterocycles. The Kier molecular flexibility index (Phi) is 5.81. The topological polar surface area (TPSA) is 66.8 Å². The van der Waals surface area contributed by atoms with Crippen LogP contribution in [0.4, 0.5) is 4.79 Å². The highest BCUT2D eigenvalue weighted by Crippen LogP contribution is 2.79. The molecule has 6 heteroatoms. The van der Waals surface area contributed by atoms with Gasteiger partial charge < -0.3 is 14.7 Å². The van der Waals surface area contributed by atoms with Crippen molar-refractivity contribution in [2.24, 2.45) is 56.7 Å². The monoisotopic (exact) mass is 629 g/mol. The van der Waals surface area contributed by atoms with Crippen molar-refractivity contribution < 1.29 is 19.4 Å². The van der Waals surface area contributed by atoms with E-state index in [0.29, 0.717) is 36.1 Å². The number of allylic oxidation sites excluding steroid dienone is 4. The van der Waals surface area contributed by atoms with Crippen LogP contribution in [0, 0.1) is 63.6 Å². The van der Waals surface area contributed by atoms with Crippen molar-refractivity contribution in [3.63, 3.8) is 0 Å². The van der Waals surface area contributed by atoms with Crippen molar-refractivity contribution in [2.75, 3.05) is 13.1 Å². The minimum Gasteiger partial charge on any atom is -0.440 e. The summed E-state index contributed by atoms with van der Waals surface area (Å²) in [6, 6.07) is 4.08. The molecule has 1 saturated heterocycles. The molecule has 9 aliphatic carbocycles. The van der Waals surface area contributed by atoms with Crippen molar-refractivity contribution in [1.82, 2.24) is 4.90 Å². The molecule has 2 heterocycles. The smallest absolute Gasteiger partial charge is 0.410 e. The number of aryl methyl sites for hydroxylation is 1. The van der Waals surface area contributed by atoms with E-state index in [1.807, 2.05) is 6.07 Å². The first-order valence-electron chi connectivity index (χ1n) is 18.0. The van der Waals surface area contributed by atoms with Crippen LogP contribution in [0.3, 0.4) is 0 Å². The van der Waals surface area contributed by atoms with Gasteiger partial charge in [0.15, 0.2) is 5.78 Å². The number of aliphatic hydroxyl groups excluding tert-OH is 1. The zero-order valence-corrected chi connectivity index (χ0v) is 28.7. The highest BCUT2D eigenvalue weighted by Gasteiger charge is 2.76. The summed E-state index contributed by atoms with van der Waals surface area (Å²) in [5, 5.41) is 11.0. The first kappa shape index (κ1) is 29.2. The summed E-state index contributed by atoms with van der Waals surface area (Å²) in [6.07, 6.45) is 17.1. The second-order valence-corrected chi connectivity index (χ2v) is 19.2. The Bertz CT molecular complexity index is 1550. The normalized spacial score (nSPS) is 50.0. The summed E-state index contributed by atoms with van der Waals surface area (Å²) in [7, 11) is 0. The van der Waals surface area contributed by atoms with Crippen LogP contribution in [-0.4, -0.2) is 46.7 Å². The lowest BCUT2D eigenvalue weighted by molar-refractivity contribution is -0.164. The fourth-order valence-corrected chi connectivity index (χ4v) is 14.5. The predicted octanol–water partition coefficient (Wildman–Crippen LogP) is 8.36. The number of hydrogen-bond acceptors (Lipinski definition) is 5. The van der Waals surface area contributed by atoms with Gasteiger partial charge in [-0.1, -0.05) is 45.9 Å². The van der Waals surface area contributed by atoms with Gasteiger partial charge in [-0.3, -0.25) is 4.79 Å². The zero-order chi connectivity index (χ0) is 31.4. The number of thiophene rings is 1. The molecular formula is C39H51NO4S. The van der Waals surface area contributed by atoms with Crippen molar-refractivity contribution in [3.8, 4) is 0 Å². The van der Waals surface area contributed by atoms with E-state index in [-0.39, 0.29) is 45.6 Å². The van der Waals surface area contributed by atoms with Crippen LogP contribution in [-0.2, 0) is 4.74 Å². The minimum absolute atomic E-state index is 0.0000154. The second kappa shape index (κ2) is 8.95. The van der Waals surface area contributed by atoms with Crippen LogP contribution in [0.25, 0.3) is 0 Å². The van der Waals surface area contributed by atoms with Crippen molar-refractivity contribution in [2.45, 2.75) is 111 Å². The Morgan fingerprint density at radius 3 is 2.49 bits per heavy atom. The third-order valence-corrected chi connectivity index (χ3v) is 17.3. The van der Waals surface area contributed by atoms with Crippen LogP contribution in [0.2, 0.25) is 0 Å². The number of carbonyl (C=O) groups excluding carboxylic acids is 2. The van der Waals surface area contributed by atoms with E-state index < -0.39 is 5.60 Å². The Balaban J connectivity index is 1.10. The highest BCUT2D eigenvalue weighted by atomic mass is 32.1. The van der Waals surface area contributed by atoms with Gasteiger partial charge in [-0.25, -0.2) is 4.79 Å². The van der Waals surface area contributed by atoms with Crippen LogP contribution < -0.4 is 0 Å². The van der Waals surface area contributed by atoms with Gasteiger partial charge in [0.25, 0.3) is 0 Å². The van der Waals surface area contributed by atoms with E-state index in [9.17, 15) is 14.7 Å².